The number of anilines is 1. The molecular formula is C17H21ClN2. The highest BCUT2D eigenvalue weighted by Crippen LogP contribution is 2.23. The molecule has 0 amide bonds. The van der Waals surface area contributed by atoms with Crippen LogP contribution in [-0.2, 0) is 12.4 Å². The molecule has 1 aromatic heterocycles. The first-order valence-corrected chi connectivity index (χ1v) is 7.50. The van der Waals surface area contributed by atoms with E-state index < -0.39 is 0 Å². The summed E-state index contributed by atoms with van der Waals surface area (Å²) in [6.45, 7) is 8.12. The molecule has 0 bridgehead atoms. The van der Waals surface area contributed by atoms with Crippen LogP contribution in [0.1, 0.15) is 29.4 Å². The summed E-state index contributed by atoms with van der Waals surface area (Å²) in [6, 6.07) is 12.6. The van der Waals surface area contributed by atoms with Crippen molar-refractivity contribution < 1.29 is 0 Å². The van der Waals surface area contributed by atoms with E-state index in [9.17, 15) is 0 Å². The average Bonchev–Trinajstić information content (AvgIpc) is 2.45. The van der Waals surface area contributed by atoms with Crippen LogP contribution < -0.4 is 4.90 Å². The van der Waals surface area contributed by atoms with E-state index in [0.29, 0.717) is 5.88 Å². The van der Waals surface area contributed by atoms with Crippen LogP contribution in [0, 0.1) is 13.8 Å². The summed E-state index contributed by atoms with van der Waals surface area (Å²) in [5.74, 6) is 0.562. The molecule has 0 aliphatic heterocycles. The molecule has 0 unspecified atom stereocenters. The van der Waals surface area contributed by atoms with Crippen molar-refractivity contribution in [3.63, 3.8) is 0 Å². The zero-order chi connectivity index (χ0) is 14.5. The zero-order valence-electron chi connectivity index (χ0n) is 12.4. The molecule has 0 N–H and O–H groups in total. The molecule has 2 aromatic rings. The maximum atomic E-state index is 5.89. The van der Waals surface area contributed by atoms with Crippen LogP contribution in [0.2, 0.25) is 0 Å². The van der Waals surface area contributed by atoms with Gasteiger partial charge in [0, 0.05) is 23.8 Å². The predicted molar refractivity (Wildman–Crippen MR) is 86.4 cm³/mol. The monoisotopic (exact) mass is 288 g/mol. The van der Waals surface area contributed by atoms with Crippen LogP contribution in [0.15, 0.2) is 36.4 Å². The van der Waals surface area contributed by atoms with E-state index in [-0.39, 0.29) is 0 Å². The van der Waals surface area contributed by atoms with Crippen LogP contribution in [0.4, 0.5) is 5.69 Å². The van der Waals surface area contributed by atoms with Crippen molar-refractivity contribution in [1.82, 2.24) is 4.98 Å². The Hall–Kier alpha value is -1.54. The highest BCUT2D eigenvalue weighted by atomic mass is 35.5. The molecule has 20 heavy (non-hydrogen) atoms. The summed E-state index contributed by atoms with van der Waals surface area (Å²) >= 11 is 5.89. The zero-order valence-corrected chi connectivity index (χ0v) is 13.1. The Kier molecular flexibility index (Phi) is 5.02. The van der Waals surface area contributed by atoms with E-state index in [2.05, 4.69) is 54.1 Å². The highest BCUT2D eigenvalue weighted by Gasteiger charge is 2.09. The Balaban J connectivity index is 2.24. The maximum Gasteiger partial charge on any atom is 0.0602 e. The SMILES string of the molecule is CCN(Cc1cccc(C)n1)c1ccc(CCl)cc1C. The van der Waals surface area contributed by atoms with Gasteiger partial charge in [0.1, 0.15) is 0 Å². The highest BCUT2D eigenvalue weighted by molar-refractivity contribution is 6.17. The molecule has 0 fully saturated rings. The number of halogens is 1. The number of pyridine rings is 1. The van der Waals surface area contributed by atoms with Crippen molar-refractivity contribution >= 4 is 17.3 Å². The van der Waals surface area contributed by atoms with Crippen molar-refractivity contribution in [3.05, 3.63) is 58.9 Å². The fourth-order valence-corrected chi connectivity index (χ4v) is 2.57. The number of alkyl halides is 1. The second-order valence-corrected chi connectivity index (χ2v) is 5.31. The first-order chi connectivity index (χ1) is 9.63. The number of hydrogen-bond acceptors (Lipinski definition) is 2. The van der Waals surface area contributed by atoms with Gasteiger partial charge < -0.3 is 4.90 Å². The van der Waals surface area contributed by atoms with Gasteiger partial charge in [-0.05, 0) is 50.1 Å². The minimum Gasteiger partial charge on any atom is -0.366 e. The van der Waals surface area contributed by atoms with Crippen LogP contribution in [0.25, 0.3) is 0 Å². The maximum absolute atomic E-state index is 5.89. The normalized spacial score (nSPS) is 10.6. The molecule has 1 heterocycles. The molecule has 0 atom stereocenters. The quantitative estimate of drug-likeness (QED) is 0.755. The molecule has 0 radical (unpaired) electrons. The third-order valence-corrected chi connectivity index (χ3v) is 3.75. The molecule has 0 saturated carbocycles. The summed E-state index contributed by atoms with van der Waals surface area (Å²) in [5.41, 5.74) is 5.85. The van der Waals surface area contributed by atoms with E-state index in [1.54, 1.807) is 0 Å². The molecular weight excluding hydrogens is 268 g/mol. The topological polar surface area (TPSA) is 16.1 Å². The lowest BCUT2D eigenvalue weighted by molar-refractivity contribution is 0.802. The van der Waals surface area contributed by atoms with Crippen molar-refractivity contribution in [2.45, 2.75) is 33.2 Å². The second-order valence-electron chi connectivity index (χ2n) is 5.04. The van der Waals surface area contributed by atoms with Gasteiger partial charge in [-0.3, -0.25) is 4.98 Å². The second kappa shape index (κ2) is 6.76. The Labute approximate surface area is 126 Å². The van der Waals surface area contributed by atoms with Crippen molar-refractivity contribution in [1.29, 1.82) is 0 Å². The molecule has 0 saturated heterocycles. The van der Waals surface area contributed by atoms with Crippen molar-refractivity contribution in [3.8, 4) is 0 Å². The number of hydrogen-bond donors (Lipinski definition) is 0. The lowest BCUT2D eigenvalue weighted by Crippen LogP contribution is -2.23. The number of rotatable bonds is 5. The number of nitrogens with zero attached hydrogens (tertiary/aromatic N) is 2. The van der Waals surface area contributed by atoms with E-state index in [4.69, 9.17) is 11.6 Å². The number of aromatic nitrogens is 1. The smallest absolute Gasteiger partial charge is 0.0602 e. The van der Waals surface area contributed by atoms with Gasteiger partial charge in [0.2, 0.25) is 0 Å². The van der Waals surface area contributed by atoms with Crippen LogP contribution in [0.5, 0.6) is 0 Å². The Morgan fingerprint density at radius 3 is 2.55 bits per heavy atom. The first kappa shape index (κ1) is 14.9. The molecule has 0 aliphatic rings. The Bertz CT molecular complexity index is 581. The van der Waals surface area contributed by atoms with Crippen molar-refractivity contribution in [2.24, 2.45) is 0 Å². The lowest BCUT2D eigenvalue weighted by Gasteiger charge is -2.25. The summed E-state index contributed by atoms with van der Waals surface area (Å²) < 4.78 is 0. The van der Waals surface area contributed by atoms with Gasteiger partial charge >= 0.3 is 0 Å². The van der Waals surface area contributed by atoms with E-state index >= 15 is 0 Å². The minimum atomic E-state index is 0.562. The fraction of sp³-hybridized carbons (Fsp3) is 0.353. The van der Waals surface area contributed by atoms with Gasteiger partial charge in [0.15, 0.2) is 0 Å². The summed E-state index contributed by atoms with van der Waals surface area (Å²) in [6.07, 6.45) is 0. The summed E-state index contributed by atoms with van der Waals surface area (Å²) in [4.78, 5) is 6.93. The molecule has 2 nitrogen and oxygen atoms in total. The minimum absolute atomic E-state index is 0.562. The third kappa shape index (κ3) is 3.51. The van der Waals surface area contributed by atoms with Crippen LogP contribution >= 0.6 is 11.6 Å². The molecule has 1 aromatic carbocycles. The molecule has 0 spiro atoms. The average molecular weight is 289 g/mol. The Morgan fingerprint density at radius 2 is 1.95 bits per heavy atom. The van der Waals surface area contributed by atoms with Gasteiger partial charge in [-0.25, -0.2) is 0 Å². The van der Waals surface area contributed by atoms with Gasteiger partial charge in [-0.15, -0.1) is 11.6 Å². The van der Waals surface area contributed by atoms with Crippen molar-refractivity contribution in [2.75, 3.05) is 11.4 Å². The number of aryl methyl sites for hydroxylation is 2. The Morgan fingerprint density at radius 1 is 1.15 bits per heavy atom. The van der Waals surface area contributed by atoms with E-state index in [1.807, 2.05) is 13.0 Å². The lowest BCUT2D eigenvalue weighted by atomic mass is 10.1. The standard InChI is InChI=1S/C17H21ClN2/c1-4-20(12-16-7-5-6-14(3)19-16)17-9-8-15(11-18)10-13(17)2/h5-10H,4,11-12H2,1-3H3. The molecule has 0 aliphatic carbocycles. The van der Waals surface area contributed by atoms with Crippen LogP contribution in [0.3, 0.4) is 0 Å². The van der Waals surface area contributed by atoms with E-state index in [0.717, 1.165) is 30.0 Å². The summed E-state index contributed by atoms with van der Waals surface area (Å²) in [5, 5.41) is 0. The fourth-order valence-electron chi connectivity index (χ4n) is 2.41. The molecule has 3 heteroatoms. The molecule has 2 rings (SSSR count). The predicted octanol–water partition coefficient (Wildman–Crippen LogP) is 4.46. The number of benzene rings is 1. The summed E-state index contributed by atoms with van der Waals surface area (Å²) in [7, 11) is 0. The van der Waals surface area contributed by atoms with E-state index in [1.165, 1.54) is 11.3 Å². The van der Waals surface area contributed by atoms with Gasteiger partial charge in [0.05, 0.1) is 12.2 Å². The third-order valence-electron chi connectivity index (χ3n) is 3.44. The van der Waals surface area contributed by atoms with Crippen LogP contribution in [-0.4, -0.2) is 11.5 Å². The van der Waals surface area contributed by atoms with Gasteiger partial charge in [-0.2, -0.15) is 0 Å². The first-order valence-electron chi connectivity index (χ1n) is 6.97. The molecule has 106 valence electrons. The van der Waals surface area contributed by atoms with Gasteiger partial charge in [-0.1, -0.05) is 18.2 Å². The van der Waals surface area contributed by atoms with Gasteiger partial charge in [0.25, 0.3) is 0 Å². The largest absolute Gasteiger partial charge is 0.366 e.